The van der Waals surface area contributed by atoms with Crippen LogP contribution in [0.5, 0.6) is 0 Å². The van der Waals surface area contributed by atoms with Crippen molar-refractivity contribution in [1.29, 1.82) is 0 Å². The van der Waals surface area contributed by atoms with Gasteiger partial charge in [-0.3, -0.25) is 9.97 Å². The average molecular weight is 607 g/mol. The van der Waals surface area contributed by atoms with E-state index in [9.17, 15) is 0 Å². The molecule has 0 atom stereocenters. The summed E-state index contributed by atoms with van der Waals surface area (Å²) in [5.41, 5.74) is 12.5. The zero-order valence-electron chi connectivity index (χ0n) is 25.1. The summed E-state index contributed by atoms with van der Waals surface area (Å²) in [6.07, 6.45) is 10.0. The van der Waals surface area contributed by atoms with E-state index in [2.05, 4.69) is 119 Å². The average Bonchev–Trinajstić information content (AvgIpc) is 3.93. The van der Waals surface area contributed by atoms with Gasteiger partial charge < -0.3 is 8.83 Å². The number of benzene rings is 4. The molecule has 0 amide bonds. The van der Waals surface area contributed by atoms with Gasteiger partial charge in [0.15, 0.2) is 24.3 Å². The second kappa shape index (κ2) is 10.9. The van der Waals surface area contributed by atoms with Gasteiger partial charge in [0.25, 0.3) is 0 Å². The standard InChI is InChI=1S/C41H26N4O2/c1-3-7-31(8-4-1)41(32-9-5-2-6-10-32)35-19-27(29-13-17-37(44-21-29)39-23-42-25-46-39)11-15-33(35)34-16-12-28(20-36(34)41)30-14-18-38(45-22-30)40-24-43-26-47-40/h1-26H. The number of fused-ring (bicyclic) bond motifs is 3. The van der Waals surface area contributed by atoms with E-state index >= 15 is 0 Å². The number of aromatic nitrogens is 4. The summed E-state index contributed by atoms with van der Waals surface area (Å²) >= 11 is 0. The van der Waals surface area contributed by atoms with E-state index in [1.807, 2.05) is 24.5 Å². The number of rotatable bonds is 6. The first-order chi connectivity index (χ1) is 23.3. The summed E-state index contributed by atoms with van der Waals surface area (Å²) in [5.74, 6) is 1.29. The van der Waals surface area contributed by atoms with Crippen molar-refractivity contribution in [3.8, 4) is 56.3 Å². The molecule has 4 heterocycles. The van der Waals surface area contributed by atoms with E-state index < -0.39 is 5.41 Å². The Hall–Kier alpha value is -6.40. The Morgan fingerprint density at radius 3 is 1.26 bits per heavy atom. The van der Waals surface area contributed by atoms with Crippen molar-refractivity contribution < 1.29 is 8.83 Å². The van der Waals surface area contributed by atoms with Crippen LogP contribution in [0.4, 0.5) is 0 Å². The fourth-order valence-electron chi connectivity index (χ4n) is 6.95. The molecule has 1 aliphatic rings. The monoisotopic (exact) mass is 606 g/mol. The fraction of sp³-hybridized carbons (Fsp3) is 0.0244. The van der Waals surface area contributed by atoms with E-state index in [4.69, 9.17) is 18.8 Å². The molecule has 0 unspecified atom stereocenters. The molecule has 0 aliphatic heterocycles. The maximum atomic E-state index is 5.47. The van der Waals surface area contributed by atoms with Gasteiger partial charge in [0.2, 0.25) is 0 Å². The Balaban J connectivity index is 1.24. The number of pyridine rings is 2. The van der Waals surface area contributed by atoms with E-state index in [0.29, 0.717) is 11.5 Å². The highest BCUT2D eigenvalue weighted by molar-refractivity contribution is 5.90. The van der Waals surface area contributed by atoms with E-state index in [1.54, 1.807) is 12.4 Å². The number of oxazole rings is 2. The van der Waals surface area contributed by atoms with Crippen LogP contribution in [-0.4, -0.2) is 19.9 Å². The van der Waals surface area contributed by atoms with Crippen LogP contribution in [0.25, 0.3) is 56.3 Å². The molecule has 9 rings (SSSR count). The van der Waals surface area contributed by atoms with Crippen LogP contribution in [-0.2, 0) is 5.41 Å². The lowest BCUT2D eigenvalue weighted by Crippen LogP contribution is -2.28. The first-order valence-corrected chi connectivity index (χ1v) is 15.4. The Morgan fingerprint density at radius 1 is 0.426 bits per heavy atom. The Morgan fingerprint density at radius 2 is 0.872 bits per heavy atom. The first kappa shape index (κ1) is 27.0. The number of nitrogens with zero attached hydrogens (tertiary/aromatic N) is 4. The molecule has 0 radical (unpaired) electrons. The molecule has 0 saturated carbocycles. The van der Waals surface area contributed by atoms with Gasteiger partial charge in [-0.1, -0.05) is 97.1 Å². The molecule has 0 saturated heterocycles. The van der Waals surface area contributed by atoms with Gasteiger partial charge >= 0.3 is 0 Å². The maximum absolute atomic E-state index is 5.47. The molecule has 4 aromatic heterocycles. The number of hydrogen-bond acceptors (Lipinski definition) is 6. The highest BCUT2D eigenvalue weighted by atomic mass is 16.3. The van der Waals surface area contributed by atoms with Crippen molar-refractivity contribution in [3.63, 3.8) is 0 Å². The van der Waals surface area contributed by atoms with Gasteiger partial charge in [0.05, 0.1) is 17.8 Å². The van der Waals surface area contributed by atoms with E-state index in [0.717, 1.165) is 33.6 Å². The zero-order chi connectivity index (χ0) is 31.2. The third kappa shape index (κ3) is 4.34. The first-order valence-electron chi connectivity index (χ1n) is 15.4. The largest absolute Gasteiger partial charge is 0.442 e. The molecular weight excluding hydrogens is 580 g/mol. The normalized spacial score (nSPS) is 12.9. The highest BCUT2D eigenvalue weighted by Gasteiger charge is 2.46. The predicted molar refractivity (Wildman–Crippen MR) is 181 cm³/mol. The van der Waals surface area contributed by atoms with Crippen LogP contribution in [0.3, 0.4) is 0 Å². The van der Waals surface area contributed by atoms with Gasteiger partial charge in [0.1, 0.15) is 11.4 Å². The van der Waals surface area contributed by atoms with Crippen molar-refractivity contribution in [2.75, 3.05) is 0 Å². The molecule has 47 heavy (non-hydrogen) atoms. The number of hydrogen-bond donors (Lipinski definition) is 0. The Kier molecular flexibility index (Phi) is 6.25. The molecule has 8 aromatic rings. The van der Waals surface area contributed by atoms with Crippen LogP contribution < -0.4 is 0 Å². The minimum absolute atomic E-state index is 0.556. The van der Waals surface area contributed by atoms with E-state index in [-0.39, 0.29) is 0 Å². The predicted octanol–water partition coefficient (Wildman–Crippen LogP) is 9.48. The van der Waals surface area contributed by atoms with Gasteiger partial charge in [-0.2, -0.15) is 0 Å². The SMILES string of the molecule is c1ccc(C2(c3ccccc3)c3cc(-c4ccc(-c5cnco5)nc4)ccc3-c3ccc(-c4ccc(-c5cnco5)nc4)cc32)cc1. The summed E-state index contributed by atoms with van der Waals surface area (Å²) in [6.45, 7) is 0. The zero-order valence-corrected chi connectivity index (χ0v) is 25.1. The molecule has 222 valence electrons. The van der Waals surface area contributed by atoms with Crippen molar-refractivity contribution >= 4 is 0 Å². The lowest BCUT2D eigenvalue weighted by atomic mass is 9.67. The summed E-state index contributed by atoms with van der Waals surface area (Å²) < 4.78 is 10.9. The Bertz CT molecular complexity index is 2150. The minimum atomic E-state index is -0.556. The van der Waals surface area contributed by atoms with Crippen LogP contribution in [0, 0.1) is 0 Å². The van der Waals surface area contributed by atoms with Crippen LogP contribution in [0.15, 0.2) is 168 Å². The quantitative estimate of drug-likeness (QED) is 0.188. The van der Waals surface area contributed by atoms with Crippen LogP contribution >= 0.6 is 0 Å². The third-order valence-corrected chi connectivity index (χ3v) is 9.11. The summed E-state index contributed by atoms with van der Waals surface area (Å²) in [7, 11) is 0. The molecular formula is C41H26N4O2. The summed E-state index contributed by atoms with van der Waals surface area (Å²) in [5, 5.41) is 0. The van der Waals surface area contributed by atoms with Gasteiger partial charge in [0, 0.05) is 23.5 Å². The molecule has 0 bridgehead atoms. The van der Waals surface area contributed by atoms with E-state index in [1.165, 1.54) is 46.2 Å². The molecule has 6 heteroatoms. The minimum Gasteiger partial charge on any atom is -0.442 e. The van der Waals surface area contributed by atoms with Crippen molar-refractivity contribution in [2.24, 2.45) is 0 Å². The fourth-order valence-corrected chi connectivity index (χ4v) is 6.95. The molecule has 0 spiro atoms. The molecule has 0 fully saturated rings. The van der Waals surface area contributed by atoms with Crippen molar-refractivity contribution in [2.45, 2.75) is 5.41 Å². The lowest BCUT2D eigenvalue weighted by Gasteiger charge is -2.34. The highest BCUT2D eigenvalue weighted by Crippen LogP contribution is 2.57. The topological polar surface area (TPSA) is 77.8 Å². The molecule has 4 aromatic carbocycles. The lowest BCUT2D eigenvalue weighted by molar-refractivity contribution is 0.569. The van der Waals surface area contributed by atoms with Crippen LogP contribution in [0.1, 0.15) is 22.3 Å². The van der Waals surface area contributed by atoms with Gasteiger partial charge in [-0.05, 0) is 68.8 Å². The molecule has 0 N–H and O–H groups in total. The molecule has 1 aliphatic carbocycles. The smallest absolute Gasteiger partial charge is 0.181 e. The molecule has 6 nitrogen and oxygen atoms in total. The second-order valence-corrected chi connectivity index (χ2v) is 11.6. The summed E-state index contributed by atoms with van der Waals surface area (Å²) in [6, 6.07) is 43.4. The van der Waals surface area contributed by atoms with Gasteiger partial charge in [-0.25, -0.2) is 9.97 Å². The van der Waals surface area contributed by atoms with Gasteiger partial charge in [-0.15, -0.1) is 0 Å². The summed E-state index contributed by atoms with van der Waals surface area (Å²) in [4.78, 5) is 17.5. The second-order valence-electron chi connectivity index (χ2n) is 11.6. The van der Waals surface area contributed by atoms with Crippen molar-refractivity contribution in [3.05, 3.63) is 181 Å². The maximum Gasteiger partial charge on any atom is 0.181 e. The third-order valence-electron chi connectivity index (χ3n) is 9.11. The van der Waals surface area contributed by atoms with Crippen molar-refractivity contribution in [1.82, 2.24) is 19.9 Å². The Labute approximate surface area is 271 Å². The van der Waals surface area contributed by atoms with Crippen LogP contribution in [0.2, 0.25) is 0 Å².